The van der Waals surface area contributed by atoms with E-state index in [2.05, 4.69) is 9.97 Å². The summed E-state index contributed by atoms with van der Waals surface area (Å²) in [6.45, 7) is 3.86. The molecule has 0 radical (unpaired) electrons. The van der Waals surface area contributed by atoms with Crippen LogP contribution in [0, 0.1) is 0 Å². The van der Waals surface area contributed by atoms with Gasteiger partial charge in [-0.1, -0.05) is 12.2 Å². The van der Waals surface area contributed by atoms with Gasteiger partial charge in [0.05, 0.1) is 19.6 Å². The molecule has 0 atom stereocenters. The second-order valence-corrected chi connectivity index (χ2v) is 4.92. The van der Waals surface area contributed by atoms with E-state index >= 15 is 0 Å². The van der Waals surface area contributed by atoms with Crippen molar-refractivity contribution in [1.29, 1.82) is 0 Å². The van der Waals surface area contributed by atoms with E-state index in [9.17, 15) is 4.79 Å². The summed E-state index contributed by atoms with van der Waals surface area (Å²) in [6.07, 6.45) is 6.24. The predicted octanol–water partition coefficient (Wildman–Crippen LogP) is 1.46. The van der Waals surface area contributed by atoms with Crippen molar-refractivity contribution in [2.75, 3.05) is 14.2 Å². The van der Waals surface area contributed by atoms with Gasteiger partial charge in [0.1, 0.15) is 5.69 Å². The molecule has 0 saturated carbocycles. The lowest BCUT2D eigenvalue weighted by Crippen LogP contribution is -2.33. The maximum Gasteiger partial charge on any atom is 0.356 e. The molecule has 0 aromatic carbocycles. The third-order valence-electron chi connectivity index (χ3n) is 3.53. The van der Waals surface area contributed by atoms with Gasteiger partial charge in [-0.2, -0.15) is 0 Å². The van der Waals surface area contributed by atoms with Crippen LogP contribution in [-0.2, 0) is 11.2 Å². The average molecular weight is 312 g/mol. The Morgan fingerprint density at radius 2 is 2.00 bits per heavy atom. The highest BCUT2D eigenvalue weighted by Crippen LogP contribution is 2.12. The molecule has 2 aromatic heterocycles. The van der Waals surface area contributed by atoms with Crippen molar-refractivity contribution < 1.29 is 14.3 Å². The molecule has 0 bridgehead atoms. The highest BCUT2D eigenvalue weighted by molar-refractivity contribution is 5.87. The van der Waals surface area contributed by atoms with Crippen molar-refractivity contribution in [2.24, 2.45) is 0 Å². The molecule has 0 aliphatic carbocycles. The molecular formula is C18H20N2O3. The molecule has 0 spiro atoms. The Kier molecular flexibility index (Phi) is 5.46. The third kappa shape index (κ3) is 3.74. The minimum Gasteiger partial charge on any atom is -0.481 e. The second-order valence-electron chi connectivity index (χ2n) is 4.92. The van der Waals surface area contributed by atoms with Crippen LogP contribution in [0.5, 0.6) is 5.88 Å². The van der Waals surface area contributed by atoms with Gasteiger partial charge in [-0.25, -0.2) is 14.8 Å². The summed E-state index contributed by atoms with van der Waals surface area (Å²) in [4.78, 5) is 20.3. The molecular weight excluding hydrogens is 292 g/mol. The molecule has 0 amide bonds. The van der Waals surface area contributed by atoms with Gasteiger partial charge in [-0.15, -0.1) is 0 Å². The van der Waals surface area contributed by atoms with Gasteiger partial charge >= 0.3 is 5.97 Å². The first-order chi connectivity index (χ1) is 11.1. The molecule has 2 aromatic rings. The van der Waals surface area contributed by atoms with Crippen LogP contribution < -0.4 is 15.3 Å². The first-order valence-corrected chi connectivity index (χ1v) is 7.32. The molecule has 2 rings (SSSR count). The second kappa shape index (κ2) is 7.54. The van der Waals surface area contributed by atoms with E-state index in [0.717, 1.165) is 21.7 Å². The topological polar surface area (TPSA) is 61.3 Å². The molecule has 0 N–H and O–H groups in total. The first-order valence-electron chi connectivity index (χ1n) is 7.32. The number of carbonyl (C=O) groups is 1. The molecule has 5 heteroatoms. The Bertz CT molecular complexity index is 829. The Labute approximate surface area is 135 Å². The largest absolute Gasteiger partial charge is 0.481 e. The third-order valence-corrected chi connectivity index (χ3v) is 3.53. The van der Waals surface area contributed by atoms with Crippen LogP contribution in [0.4, 0.5) is 0 Å². The number of rotatable bonds is 4. The molecule has 0 aliphatic rings. The fourth-order valence-electron chi connectivity index (χ4n) is 2.43. The molecule has 5 nitrogen and oxygen atoms in total. The van der Waals surface area contributed by atoms with E-state index in [1.54, 1.807) is 19.4 Å². The monoisotopic (exact) mass is 312 g/mol. The van der Waals surface area contributed by atoms with Crippen molar-refractivity contribution in [3.8, 4) is 5.88 Å². The van der Waals surface area contributed by atoms with Crippen molar-refractivity contribution in [3.63, 3.8) is 0 Å². The summed E-state index contributed by atoms with van der Waals surface area (Å²) in [7, 11) is 2.94. The van der Waals surface area contributed by atoms with E-state index in [1.807, 2.05) is 38.1 Å². The molecule has 0 unspecified atom stereocenters. The van der Waals surface area contributed by atoms with Crippen molar-refractivity contribution in [3.05, 3.63) is 51.8 Å². The molecule has 23 heavy (non-hydrogen) atoms. The summed E-state index contributed by atoms with van der Waals surface area (Å²) >= 11 is 0. The highest BCUT2D eigenvalue weighted by atomic mass is 16.5. The van der Waals surface area contributed by atoms with Crippen molar-refractivity contribution in [2.45, 2.75) is 20.3 Å². The maximum atomic E-state index is 11.8. The predicted molar refractivity (Wildman–Crippen MR) is 88.7 cm³/mol. The Hall–Kier alpha value is -2.69. The maximum absolute atomic E-state index is 11.8. The zero-order valence-electron chi connectivity index (χ0n) is 13.8. The van der Waals surface area contributed by atoms with Gasteiger partial charge in [0, 0.05) is 12.3 Å². The van der Waals surface area contributed by atoms with E-state index in [-0.39, 0.29) is 0 Å². The van der Waals surface area contributed by atoms with Crippen LogP contribution in [0.25, 0.3) is 12.2 Å². The van der Waals surface area contributed by atoms with E-state index in [0.29, 0.717) is 18.0 Å². The fourth-order valence-corrected chi connectivity index (χ4v) is 2.43. The van der Waals surface area contributed by atoms with Crippen LogP contribution >= 0.6 is 0 Å². The number of hydrogen-bond donors (Lipinski definition) is 0. The highest BCUT2D eigenvalue weighted by Gasteiger charge is 2.11. The minimum atomic E-state index is -0.440. The van der Waals surface area contributed by atoms with Crippen LogP contribution in [0.1, 0.15) is 35.5 Å². The summed E-state index contributed by atoms with van der Waals surface area (Å²) in [5.41, 5.74) is 2.36. The van der Waals surface area contributed by atoms with Crippen LogP contribution in [0.2, 0.25) is 0 Å². The lowest BCUT2D eigenvalue weighted by Gasteiger charge is -2.08. The first kappa shape index (κ1) is 16.7. The van der Waals surface area contributed by atoms with E-state index < -0.39 is 5.97 Å². The summed E-state index contributed by atoms with van der Waals surface area (Å²) in [5, 5.41) is 1.78. The number of aromatic nitrogens is 2. The SMILES string of the molecule is C/C=c1/c(Cc2ccnc(OC)c2)cc(C(=O)OC)n/c1=C/C. The normalized spacial score (nSPS) is 12.3. The number of pyridine rings is 2. The van der Waals surface area contributed by atoms with Gasteiger partial charge in [-0.3, -0.25) is 0 Å². The van der Waals surface area contributed by atoms with Crippen molar-refractivity contribution >= 4 is 18.1 Å². The van der Waals surface area contributed by atoms with E-state index in [1.165, 1.54) is 7.11 Å². The Morgan fingerprint density at radius 3 is 2.61 bits per heavy atom. The number of methoxy groups -OCH3 is 2. The van der Waals surface area contributed by atoms with Gasteiger partial charge in [0.2, 0.25) is 5.88 Å². The van der Waals surface area contributed by atoms with Crippen LogP contribution in [-0.4, -0.2) is 30.2 Å². The molecule has 2 heterocycles. The van der Waals surface area contributed by atoms with Gasteiger partial charge < -0.3 is 9.47 Å². The van der Waals surface area contributed by atoms with Gasteiger partial charge in [0.25, 0.3) is 0 Å². The zero-order valence-corrected chi connectivity index (χ0v) is 13.8. The van der Waals surface area contributed by atoms with Crippen LogP contribution in [0.3, 0.4) is 0 Å². The summed E-state index contributed by atoms with van der Waals surface area (Å²) in [5.74, 6) is 0.123. The number of hydrogen-bond acceptors (Lipinski definition) is 5. The molecule has 0 aliphatic heterocycles. The van der Waals surface area contributed by atoms with E-state index in [4.69, 9.17) is 9.47 Å². The van der Waals surface area contributed by atoms with Gasteiger partial charge in [0.15, 0.2) is 0 Å². The number of ether oxygens (including phenoxy) is 2. The quantitative estimate of drug-likeness (QED) is 0.800. The number of carbonyl (C=O) groups excluding carboxylic acids is 1. The lowest BCUT2D eigenvalue weighted by atomic mass is 10.0. The van der Waals surface area contributed by atoms with Gasteiger partial charge in [-0.05, 0) is 48.7 Å². The lowest BCUT2D eigenvalue weighted by molar-refractivity contribution is 0.0593. The molecule has 0 saturated heterocycles. The fraction of sp³-hybridized carbons (Fsp3) is 0.278. The number of nitrogens with zero attached hydrogens (tertiary/aromatic N) is 2. The Balaban J connectivity index is 2.57. The summed E-state index contributed by atoms with van der Waals surface area (Å²) < 4.78 is 9.96. The van der Waals surface area contributed by atoms with Crippen LogP contribution in [0.15, 0.2) is 24.4 Å². The Morgan fingerprint density at radius 1 is 1.22 bits per heavy atom. The molecule has 120 valence electrons. The average Bonchev–Trinajstić information content (AvgIpc) is 2.60. The smallest absolute Gasteiger partial charge is 0.356 e. The van der Waals surface area contributed by atoms with Crippen molar-refractivity contribution in [1.82, 2.24) is 9.97 Å². The molecule has 0 fully saturated rings. The number of esters is 1. The summed E-state index contributed by atoms with van der Waals surface area (Å²) in [6, 6.07) is 5.59. The standard InChI is InChI=1S/C18H20N2O3/c1-5-14-13(9-12-7-8-19-17(10-12)22-3)11-16(18(21)23-4)20-15(14)6-2/h5-8,10-11H,9H2,1-4H3/b14-5-,15-6+. The zero-order chi connectivity index (χ0) is 16.8. The minimum absolute atomic E-state index is 0.308.